The zero-order valence-corrected chi connectivity index (χ0v) is 24.7. The maximum atomic E-state index is 6.86. The Hall–Kier alpha value is -3.84. The van der Waals surface area contributed by atoms with Crippen LogP contribution in [0.4, 0.5) is 0 Å². The monoisotopic (exact) mass is 576 g/mol. The van der Waals surface area contributed by atoms with Crippen molar-refractivity contribution in [3.05, 3.63) is 82.7 Å². The van der Waals surface area contributed by atoms with E-state index in [1.165, 1.54) is 21.2 Å². The zero-order chi connectivity index (χ0) is 27.6. The highest BCUT2D eigenvalue weighted by Crippen LogP contribution is 2.38. The Bertz CT molecular complexity index is 1530. The van der Waals surface area contributed by atoms with Gasteiger partial charge in [0.15, 0.2) is 0 Å². The minimum Gasteiger partial charge on any atom is -0.491 e. The van der Waals surface area contributed by atoms with Gasteiger partial charge in [-0.3, -0.25) is 0 Å². The number of rotatable bonds is 12. The fourth-order valence-electron chi connectivity index (χ4n) is 4.30. The molecular weight excluding hydrogens is 541 g/mol. The van der Waals surface area contributed by atoms with E-state index in [1.807, 2.05) is 30.3 Å². The standard InChI is InChI=1S/C31H32N4O3S.H2S.H2/c1-4-5-24(17-31(32)34-35-33)23-8-11-25(12-9-23)38-19-22-7-13-30-28(16-22)29(20-39-30)27-18-26(10-6-21(27)2)37-15-14-36-3;;/h6-13,16,18,20,24H,14-15,17,19H2,1-3H3,(H3,32,33,34);1H2;1H/t24-;;/m0../s1. The van der Waals surface area contributed by atoms with Crippen molar-refractivity contribution in [1.29, 1.82) is 5.53 Å². The number of nitrogens with one attached hydrogen (secondary N) is 1. The molecule has 0 amide bonds. The molecule has 4 aromatic rings. The number of amidine groups is 1. The Balaban J connectivity index is 0.00000294. The first-order valence-electron chi connectivity index (χ1n) is 12.6. The van der Waals surface area contributed by atoms with Crippen LogP contribution in [0, 0.1) is 24.3 Å². The molecule has 0 bridgehead atoms. The van der Waals surface area contributed by atoms with E-state index in [2.05, 4.69) is 64.8 Å². The third kappa shape index (κ3) is 7.85. The SMILES string of the molecule is CC#C[C@@H](C/C(N)=N/N=N)c1ccc(OCc2ccc3scc(-c4cc(OCCOC)ccc4C)c3c2)cc1.S.[HH]. The number of aryl methyl sites for hydroxylation is 1. The minimum atomic E-state index is -0.124. The molecule has 0 radical (unpaired) electrons. The average Bonchev–Trinajstić information content (AvgIpc) is 3.36. The van der Waals surface area contributed by atoms with E-state index in [9.17, 15) is 0 Å². The van der Waals surface area contributed by atoms with E-state index < -0.39 is 0 Å². The molecule has 4 rings (SSSR count). The predicted molar refractivity (Wildman–Crippen MR) is 170 cm³/mol. The Kier molecular flexibility index (Phi) is 11.6. The highest BCUT2D eigenvalue weighted by atomic mass is 32.1. The predicted octanol–water partition coefficient (Wildman–Crippen LogP) is 7.64. The van der Waals surface area contributed by atoms with E-state index in [4.69, 9.17) is 25.5 Å². The molecule has 0 aliphatic rings. The summed E-state index contributed by atoms with van der Waals surface area (Å²) in [5.41, 5.74) is 18.4. The topological polar surface area (TPSA) is 102 Å². The molecule has 40 heavy (non-hydrogen) atoms. The molecule has 0 aliphatic carbocycles. The summed E-state index contributed by atoms with van der Waals surface area (Å²) in [4.78, 5) is 0. The third-order valence-corrected chi connectivity index (χ3v) is 7.26. The largest absolute Gasteiger partial charge is 0.491 e. The van der Waals surface area contributed by atoms with Crippen molar-refractivity contribution in [2.45, 2.75) is 32.8 Å². The van der Waals surface area contributed by atoms with Gasteiger partial charge in [-0.1, -0.05) is 35.4 Å². The fourth-order valence-corrected chi connectivity index (χ4v) is 5.24. The fraction of sp³-hybridized carbons (Fsp3) is 0.258. The second-order valence-electron chi connectivity index (χ2n) is 9.00. The Morgan fingerprint density at radius 1 is 1.02 bits per heavy atom. The van der Waals surface area contributed by atoms with Gasteiger partial charge in [0.05, 0.1) is 12.5 Å². The first-order valence-corrected chi connectivity index (χ1v) is 13.5. The third-order valence-electron chi connectivity index (χ3n) is 6.29. The smallest absolute Gasteiger partial charge is 0.125 e. The Morgan fingerprint density at radius 2 is 1.80 bits per heavy atom. The molecule has 1 aromatic heterocycles. The van der Waals surface area contributed by atoms with E-state index in [0.29, 0.717) is 26.2 Å². The molecule has 0 fully saturated rings. The van der Waals surface area contributed by atoms with Crippen molar-refractivity contribution in [1.82, 2.24) is 0 Å². The molecular formula is C31H36N4O3S2. The number of nitrogens with zero attached hydrogens (tertiary/aromatic N) is 2. The van der Waals surface area contributed by atoms with E-state index in [-0.39, 0.29) is 26.7 Å². The average molecular weight is 577 g/mol. The van der Waals surface area contributed by atoms with Gasteiger partial charge in [-0.25, -0.2) is 0 Å². The number of nitrogens with two attached hydrogens (primary N) is 1. The number of thiophene rings is 1. The first kappa shape index (κ1) is 30.7. The van der Waals surface area contributed by atoms with Crippen LogP contribution in [0.2, 0.25) is 0 Å². The van der Waals surface area contributed by atoms with Gasteiger partial charge >= 0.3 is 0 Å². The van der Waals surface area contributed by atoms with Crippen LogP contribution >= 0.6 is 24.8 Å². The van der Waals surface area contributed by atoms with Crippen LogP contribution in [0.15, 0.2) is 76.4 Å². The highest BCUT2D eigenvalue weighted by molar-refractivity contribution is 7.59. The summed E-state index contributed by atoms with van der Waals surface area (Å²) in [6.45, 7) is 5.43. The number of ether oxygens (including phenoxy) is 3. The van der Waals surface area contributed by atoms with Gasteiger partial charge in [0.2, 0.25) is 0 Å². The lowest BCUT2D eigenvalue weighted by Crippen LogP contribution is -2.15. The van der Waals surface area contributed by atoms with Crippen molar-refractivity contribution < 1.29 is 15.6 Å². The lowest BCUT2D eigenvalue weighted by atomic mass is 9.95. The van der Waals surface area contributed by atoms with Crippen LogP contribution in [-0.2, 0) is 11.3 Å². The highest BCUT2D eigenvalue weighted by Gasteiger charge is 2.13. The van der Waals surface area contributed by atoms with Gasteiger partial charge in [0.1, 0.15) is 30.5 Å². The maximum absolute atomic E-state index is 6.86. The van der Waals surface area contributed by atoms with Gasteiger partial charge < -0.3 is 19.9 Å². The summed E-state index contributed by atoms with van der Waals surface area (Å²) >= 11 is 1.74. The second-order valence-corrected chi connectivity index (χ2v) is 9.91. The first-order chi connectivity index (χ1) is 19.0. The van der Waals surface area contributed by atoms with Crippen LogP contribution in [-0.4, -0.2) is 26.2 Å². The van der Waals surface area contributed by atoms with Crippen LogP contribution in [0.5, 0.6) is 11.5 Å². The normalized spacial score (nSPS) is 11.7. The molecule has 7 nitrogen and oxygen atoms in total. The molecule has 210 valence electrons. The number of benzene rings is 3. The number of methoxy groups -OCH3 is 1. The van der Waals surface area contributed by atoms with Crippen molar-refractivity contribution in [2.24, 2.45) is 16.1 Å². The molecule has 0 aliphatic heterocycles. The van der Waals surface area contributed by atoms with Crippen molar-refractivity contribution in [3.8, 4) is 34.5 Å². The molecule has 0 unspecified atom stereocenters. The Labute approximate surface area is 247 Å². The van der Waals surface area contributed by atoms with Gasteiger partial charge in [-0.2, -0.15) is 19.0 Å². The molecule has 9 heteroatoms. The number of fused-ring (bicyclic) bond motifs is 1. The number of hydrogen-bond acceptors (Lipinski definition) is 6. The summed E-state index contributed by atoms with van der Waals surface area (Å²) < 4.78 is 18.3. The number of hydrogen-bond donors (Lipinski definition) is 2. The molecule has 0 saturated heterocycles. The molecule has 1 heterocycles. The van der Waals surface area contributed by atoms with Crippen LogP contribution in [0.3, 0.4) is 0 Å². The molecule has 0 spiro atoms. The van der Waals surface area contributed by atoms with Crippen LogP contribution < -0.4 is 15.2 Å². The quantitative estimate of drug-likeness (QED) is 0.0452. The molecule has 0 saturated carbocycles. The van der Waals surface area contributed by atoms with Crippen LogP contribution in [0.1, 0.15) is 37.4 Å². The maximum Gasteiger partial charge on any atom is 0.125 e. The summed E-state index contributed by atoms with van der Waals surface area (Å²) in [5, 5.41) is 10.0. The molecule has 1 atom stereocenters. The lowest BCUT2D eigenvalue weighted by Gasteiger charge is -2.12. The van der Waals surface area contributed by atoms with Gasteiger partial charge in [0, 0.05) is 30.6 Å². The van der Waals surface area contributed by atoms with Crippen molar-refractivity contribution in [2.75, 3.05) is 20.3 Å². The lowest BCUT2D eigenvalue weighted by molar-refractivity contribution is 0.146. The summed E-state index contributed by atoms with van der Waals surface area (Å²) in [5.74, 6) is 7.86. The van der Waals surface area contributed by atoms with E-state index >= 15 is 0 Å². The van der Waals surface area contributed by atoms with E-state index in [1.54, 1.807) is 25.4 Å². The van der Waals surface area contributed by atoms with Gasteiger partial charge in [-0.15, -0.1) is 22.4 Å². The van der Waals surface area contributed by atoms with Crippen molar-refractivity contribution in [3.63, 3.8) is 0 Å². The Morgan fingerprint density at radius 3 is 2.52 bits per heavy atom. The summed E-state index contributed by atoms with van der Waals surface area (Å²) in [6.07, 6.45) is 0.411. The second kappa shape index (κ2) is 15.1. The van der Waals surface area contributed by atoms with Gasteiger partial charge in [0.25, 0.3) is 0 Å². The summed E-state index contributed by atoms with van der Waals surface area (Å²) in [6, 6.07) is 20.5. The molecule has 3 N–H and O–H groups in total. The van der Waals surface area contributed by atoms with E-state index in [0.717, 1.165) is 28.2 Å². The van der Waals surface area contributed by atoms with Crippen LogP contribution in [0.25, 0.3) is 21.2 Å². The zero-order valence-electron chi connectivity index (χ0n) is 22.9. The minimum absolute atomic E-state index is 0. The van der Waals surface area contributed by atoms with Gasteiger partial charge in [-0.05, 0) is 77.9 Å². The van der Waals surface area contributed by atoms with Crippen molar-refractivity contribution >= 4 is 40.8 Å². The molecule has 3 aromatic carbocycles. The summed E-state index contributed by atoms with van der Waals surface area (Å²) in [7, 11) is 1.67.